The molecule has 234 valence electrons. The monoisotopic (exact) mass is 638 g/mol. The van der Waals surface area contributed by atoms with E-state index in [9.17, 15) is 0 Å². The summed E-state index contributed by atoms with van der Waals surface area (Å²) in [5, 5.41) is 9.64. The van der Waals surface area contributed by atoms with E-state index in [2.05, 4.69) is 168 Å². The third-order valence-corrected chi connectivity index (χ3v) is 9.93. The minimum Gasteiger partial charge on any atom is -0.456 e. The predicted octanol–water partition coefficient (Wildman–Crippen LogP) is 13.2. The summed E-state index contributed by atoms with van der Waals surface area (Å²) < 4.78 is 6.31. The van der Waals surface area contributed by atoms with E-state index in [1.165, 1.54) is 54.6 Å². The van der Waals surface area contributed by atoms with Gasteiger partial charge in [-0.05, 0) is 103 Å². The Kier molecular flexibility index (Phi) is 6.49. The molecule has 0 spiro atoms. The first-order valence-electron chi connectivity index (χ1n) is 16.9. The van der Waals surface area contributed by atoms with Gasteiger partial charge in [-0.2, -0.15) is 0 Å². The van der Waals surface area contributed by atoms with E-state index < -0.39 is 0 Å². The molecule has 3 heteroatoms. The van der Waals surface area contributed by atoms with Crippen molar-refractivity contribution in [1.29, 1.82) is 0 Å². The van der Waals surface area contributed by atoms with Crippen LogP contribution >= 0.6 is 0 Å². The first kappa shape index (κ1) is 28.3. The lowest BCUT2D eigenvalue weighted by Crippen LogP contribution is -2.10. The fourth-order valence-corrected chi connectivity index (χ4v) is 7.60. The van der Waals surface area contributed by atoms with Crippen LogP contribution in [0.3, 0.4) is 0 Å². The van der Waals surface area contributed by atoms with Crippen LogP contribution < -0.4 is 4.90 Å². The average Bonchev–Trinajstić information content (AvgIpc) is 3.58. The van der Waals surface area contributed by atoms with E-state index in [-0.39, 0.29) is 0 Å². The Hall–Kier alpha value is -6.71. The molecule has 0 unspecified atom stereocenters. The molecule has 0 bridgehead atoms. The molecule has 0 radical (unpaired) electrons. The summed E-state index contributed by atoms with van der Waals surface area (Å²) in [6.45, 7) is 0. The van der Waals surface area contributed by atoms with Crippen LogP contribution in [0.15, 0.2) is 187 Å². The Balaban J connectivity index is 1.16. The highest BCUT2D eigenvalue weighted by molar-refractivity contribution is 6.24. The number of hydrogen-bond donors (Lipinski definition) is 0. The highest BCUT2D eigenvalue weighted by Gasteiger charge is 2.20. The summed E-state index contributed by atoms with van der Waals surface area (Å²) >= 11 is 0. The van der Waals surface area contributed by atoms with Gasteiger partial charge in [0.25, 0.3) is 0 Å². The molecule has 0 aliphatic rings. The van der Waals surface area contributed by atoms with Gasteiger partial charge < -0.3 is 9.32 Å². The van der Waals surface area contributed by atoms with Crippen molar-refractivity contribution in [3.8, 4) is 22.3 Å². The first-order valence-corrected chi connectivity index (χ1v) is 16.9. The molecular formula is C47H30N2O. The van der Waals surface area contributed by atoms with Crippen LogP contribution in [0.5, 0.6) is 0 Å². The van der Waals surface area contributed by atoms with Gasteiger partial charge in [0.15, 0.2) is 0 Å². The molecule has 0 atom stereocenters. The van der Waals surface area contributed by atoms with Gasteiger partial charge in [-0.3, -0.25) is 4.98 Å². The van der Waals surface area contributed by atoms with Crippen LogP contribution in [-0.2, 0) is 0 Å². The molecule has 0 aliphatic heterocycles. The topological polar surface area (TPSA) is 29.3 Å². The van der Waals surface area contributed by atoms with Crippen LogP contribution in [0, 0.1) is 0 Å². The number of rotatable bonds is 5. The Morgan fingerprint density at radius 3 is 1.86 bits per heavy atom. The summed E-state index contributed by atoms with van der Waals surface area (Å²) in [4.78, 5) is 6.79. The molecule has 0 fully saturated rings. The highest BCUT2D eigenvalue weighted by atomic mass is 16.3. The molecule has 0 saturated carbocycles. The van der Waals surface area contributed by atoms with Gasteiger partial charge in [-0.15, -0.1) is 0 Å². The number of aromatic nitrogens is 1. The van der Waals surface area contributed by atoms with E-state index >= 15 is 0 Å². The molecule has 10 rings (SSSR count). The normalized spacial score (nSPS) is 11.6. The number of hydrogen-bond acceptors (Lipinski definition) is 3. The average molecular weight is 639 g/mol. The second-order valence-corrected chi connectivity index (χ2v) is 12.8. The Labute approximate surface area is 289 Å². The van der Waals surface area contributed by atoms with Crippen LogP contribution in [-0.4, -0.2) is 4.98 Å². The van der Waals surface area contributed by atoms with E-state index in [4.69, 9.17) is 4.42 Å². The van der Waals surface area contributed by atoms with E-state index in [0.717, 1.165) is 39.0 Å². The fraction of sp³-hybridized carbons (Fsp3) is 0. The number of benzene rings is 8. The molecule has 0 aliphatic carbocycles. The number of furan rings is 1. The van der Waals surface area contributed by atoms with Crippen molar-refractivity contribution in [2.45, 2.75) is 0 Å². The Morgan fingerprint density at radius 1 is 0.420 bits per heavy atom. The summed E-state index contributed by atoms with van der Waals surface area (Å²) in [6, 6.07) is 60.8. The van der Waals surface area contributed by atoms with Gasteiger partial charge in [0, 0.05) is 29.2 Å². The molecule has 0 amide bonds. The zero-order chi connectivity index (χ0) is 33.0. The number of nitrogens with zero attached hydrogens (tertiary/aromatic N) is 2. The lowest BCUT2D eigenvalue weighted by atomic mass is 9.90. The molecule has 2 heterocycles. The van der Waals surface area contributed by atoms with E-state index in [0.29, 0.717) is 0 Å². The molecule has 0 N–H and O–H groups in total. The Bertz CT molecular complexity index is 2840. The quantitative estimate of drug-likeness (QED) is 0.176. The lowest BCUT2D eigenvalue weighted by Gasteiger charge is -2.26. The fourth-order valence-electron chi connectivity index (χ4n) is 7.60. The zero-order valence-electron chi connectivity index (χ0n) is 27.1. The first-order chi connectivity index (χ1) is 24.8. The smallest absolute Gasteiger partial charge is 0.138 e. The predicted molar refractivity (Wildman–Crippen MR) is 210 cm³/mol. The van der Waals surface area contributed by atoms with Crippen LogP contribution in [0.2, 0.25) is 0 Å². The maximum atomic E-state index is 6.31. The van der Waals surface area contributed by atoms with Crippen LogP contribution in [0.25, 0.3) is 76.5 Å². The van der Waals surface area contributed by atoms with Crippen LogP contribution in [0.1, 0.15) is 0 Å². The SMILES string of the molecule is c1ccc(-c2ccc(N(c3ccc(-c4cc5ccccc5c5c4ccc4ccccc45)cc3)c3cccc4oc5ccncc5c34)cc2)cc1. The number of anilines is 3. The summed E-state index contributed by atoms with van der Waals surface area (Å²) in [5.74, 6) is 0. The van der Waals surface area contributed by atoms with Gasteiger partial charge in [0.05, 0.1) is 11.1 Å². The van der Waals surface area contributed by atoms with Gasteiger partial charge in [-0.25, -0.2) is 0 Å². The second-order valence-electron chi connectivity index (χ2n) is 12.8. The largest absolute Gasteiger partial charge is 0.456 e. The number of fused-ring (bicyclic) bond motifs is 8. The standard InChI is InChI=1S/C47H30N2O/c1-2-9-31(10-3-1)32-17-22-36(23-18-32)49(43-15-8-16-45-47(43)42-30-48-28-27-44(42)50-45)37-24-19-34(20-25-37)41-29-35-12-5-7-14-39(35)46-38-13-6-4-11-33(38)21-26-40(41)46/h1-30H. The van der Waals surface area contributed by atoms with Gasteiger partial charge >= 0.3 is 0 Å². The van der Waals surface area contributed by atoms with Gasteiger partial charge in [0.2, 0.25) is 0 Å². The van der Waals surface area contributed by atoms with Gasteiger partial charge in [0.1, 0.15) is 11.2 Å². The molecule has 8 aromatic carbocycles. The molecule has 0 saturated heterocycles. The molecule has 2 aromatic heterocycles. The van der Waals surface area contributed by atoms with Crippen molar-refractivity contribution in [2.75, 3.05) is 4.90 Å². The minimum atomic E-state index is 0.827. The minimum absolute atomic E-state index is 0.827. The van der Waals surface area contributed by atoms with Crippen molar-refractivity contribution in [3.63, 3.8) is 0 Å². The molecule has 50 heavy (non-hydrogen) atoms. The van der Waals surface area contributed by atoms with Gasteiger partial charge in [-0.1, -0.05) is 121 Å². The molecular weight excluding hydrogens is 609 g/mol. The third-order valence-electron chi connectivity index (χ3n) is 9.93. The molecule has 3 nitrogen and oxygen atoms in total. The lowest BCUT2D eigenvalue weighted by molar-refractivity contribution is 0.668. The van der Waals surface area contributed by atoms with E-state index in [1.54, 1.807) is 6.20 Å². The van der Waals surface area contributed by atoms with Crippen molar-refractivity contribution in [3.05, 3.63) is 182 Å². The van der Waals surface area contributed by atoms with E-state index in [1.807, 2.05) is 18.3 Å². The third kappa shape index (κ3) is 4.56. The van der Waals surface area contributed by atoms with Crippen molar-refractivity contribution in [2.24, 2.45) is 0 Å². The zero-order valence-corrected chi connectivity index (χ0v) is 27.1. The summed E-state index contributed by atoms with van der Waals surface area (Å²) in [7, 11) is 0. The summed E-state index contributed by atoms with van der Waals surface area (Å²) in [5.41, 5.74) is 9.59. The maximum Gasteiger partial charge on any atom is 0.138 e. The van der Waals surface area contributed by atoms with Crippen molar-refractivity contribution < 1.29 is 4.42 Å². The maximum absolute atomic E-state index is 6.31. The molecule has 10 aromatic rings. The van der Waals surface area contributed by atoms with Crippen molar-refractivity contribution >= 4 is 71.3 Å². The second kappa shape index (κ2) is 11.5. The number of pyridine rings is 1. The summed E-state index contributed by atoms with van der Waals surface area (Å²) in [6.07, 6.45) is 3.68. The Morgan fingerprint density at radius 2 is 1.08 bits per heavy atom. The van der Waals surface area contributed by atoms with Crippen LogP contribution in [0.4, 0.5) is 17.1 Å². The highest BCUT2D eigenvalue weighted by Crippen LogP contribution is 2.44. The van der Waals surface area contributed by atoms with Crippen molar-refractivity contribution in [1.82, 2.24) is 4.98 Å².